The third-order valence-corrected chi connectivity index (χ3v) is 6.97. The maximum absolute atomic E-state index is 13.7. The fraction of sp³-hybridized carbons (Fsp3) is 0.300. The Kier molecular flexibility index (Phi) is 7.45. The minimum absolute atomic E-state index is 0.0129. The van der Waals surface area contributed by atoms with Gasteiger partial charge in [-0.05, 0) is 85.6 Å². The third-order valence-electron chi connectivity index (χ3n) is 6.97. The summed E-state index contributed by atoms with van der Waals surface area (Å²) in [5, 5.41) is 12.4. The Bertz CT molecular complexity index is 1250. The zero-order valence-electron chi connectivity index (χ0n) is 20.5. The topological polar surface area (TPSA) is 79.3 Å². The summed E-state index contributed by atoms with van der Waals surface area (Å²) < 4.78 is 0. The van der Waals surface area contributed by atoms with Crippen molar-refractivity contribution in [3.05, 3.63) is 88.8 Å². The standard InChI is InChI=1S/C30H32N2O3/c1-19-15-26(18-31-17-19)22-11-13-24(14-12-22)28(23-7-4-5-8-23)29(33)32-27-10-6-9-25(21(27)3)16-20(2)30(34)35/h6,9-18,23,28H,4-5,7-8H2,1-3H3,(H,32,33)(H,34,35)/b20-16+. The number of carbonyl (C=O) groups is 2. The van der Waals surface area contributed by atoms with E-state index in [1.165, 1.54) is 0 Å². The predicted molar refractivity (Wildman–Crippen MR) is 140 cm³/mol. The van der Waals surface area contributed by atoms with E-state index >= 15 is 0 Å². The molecular weight excluding hydrogens is 436 g/mol. The monoisotopic (exact) mass is 468 g/mol. The van der Waals surface area contributed by atoms with E-state index in [1.54, 1.807) is 13.0 Å². The van der Waals surface area contributed by atoms with Gasteiger partial charge in [0, 0.05) is 29.2 Å². The van der Waals surface area contributed by atoms with Crippen molar-refractivity contribution in [2.45, 2.75) is 52.4 Å². The van der Waals surface area contributed by atoms with Gasteiger partial charge in [-0.1, -0.05) is 49.2 Å². The Labute approximate surface area is 206 Å². The van der Waals surface area contributed by atoms with Crippen molar-refractivity contribution < 1.29 is 14.7 Å². The number of pyridine rings is 1. The summed E-state index contributed by atoms with van der Waals surface area (Å²) in [6, 6.07) is 16.0. The molecule has 1 heterocycles. The molecule has 1 unspecified atom stereocenters. The van der Waals surface area contributed by atoms with Crippen molar-refractivity contribution in [3.8, 4) is 11.1 Å². The first-order valence-electron chi connectivity index (χ1n) is 12.2. The highest BCUT2D eigenvalue weighted by molar-refractivity contribution is 5.98. The molecule has 0 spiro atoms. The van der Waals surface area contributed by atoms with Crippen LogP contribution in [0, 0.1) is 19.8 Å². The molecule has 3 aromatic rings. The molecule has 1 atom stereocenters. The number of amides is 1. The van der Waals surface area contributed by atoms with Crippen molar-refractivity contribution in [1.29, 1.82) is 0 Å². The SMILES string of the molecule is C/C(=C\c1cccc(NC(=O)C(c2ccc(-c3cncc(C)c3)cc2)C2CCCC2)c1C)C(=O)O. The van der Waals surface area contributed by atoms with E-state index in [0.717, 1.165) is 59.1 Å². The Morgan fingerprint density at radius 1 is 1.03 bits per heavy atom. The van der Waals surface area contributed by atoms with Crippen molar-refractivity contribution >= 4 is 23.6 Å². The van der Waals surface area contributed by atoms with Gasteiger partial charge in [0.15, 0.2) is 0 Å². The van der Waals surface area contributed by atoms with Crippen molar-refractivity contribution in [2.75, 3.05) is 5.32 Å². The van der Waals surface area contributed by atoms with Crippen molar-refractivity contribution in [3.63, 3.8) is 0 Å². The van der Waals surface area contributed by atoms with Gasteiger partial charge < -0.3 is 10.4 Å². The van der Waals surface area contributed by atoms with Gasteiger partial charge in [-0.15, -0.1) is 0 Å². The summed E-state index contributed by atoms with van der Waals surface area (Å²) in [4.78, 5) is 29.2. The molecular formula is C30H32N2O3. The van der Waals surface area contributed by atoms with Crippen LogP contribution in [0.25, 0.3) is 17.2 Å². The predicted octanol–water partition coefficient (Wildman–Crippen LogP) is 6.77. The molecule has 4 rings (SSSR count). The molecule has 0 radical (unpaired) electrons. The lowest BCUT2D eigenvalue weighted by molar-refractivity contribution is -0.132. The van der Waals surface area contributed by atoms with Crippen LogP contribution in [0.3, 0.4) is 0 Å². The number of aromatic nitrogens is 1. The molecule has 180 valence electrons. The third kappa shape index (κ3) is 5.68. The van der Waals surface area contributed by atoms with E-state index in [-0.39, 0.29) is 17.4 Å². The fourth-order valence-corrected chi connectivity index (χ4v) is 4.97. The number of carboxylic acids is 1. The van der Waals surface area contributed by atoms with Crippen LogP contribution in [0.1, 0.15) is 60.8 Å². The van der Waals surface area contributed by atoms with Gasteiger partial charge >= 0.3 is 5.97 Å². The molecule has 0 aliphatic heterocycles. The highest BCUT2D eigenvalue weighted by atomic mass is 16.4. The molecule has 2 N–H and O–H groups in total. The number of aliphatic carboxylic acids is 1. The van der Waals surface area contributed by atoms with Crippen molar-refractivity contribution in [1.82, 2.24) is 4.98 Å². The molecule has 5 nitrogen and oxygen atoms in total. The summed E-state index contributed by atoms with van der Waals surface area (Å²) in [6.07, 6.45) is 9.72. The van der Waals surface area contributed by atoms with E-state index in [4.69, 9.17) is 0 Å². The maximum atomic E-state index is 13.7. The van der Waals surface area contributed by atoms with Gasteiger partial charge in [0.25, 0.3) is 0 Å². The van der Waals surface area contributed by atoms with Crippen molar-refractivity contribution in [2.24, 2.45) is 5.92 Å². The van der Waals surface area contributed by atoms with Gasteiger partial charge in [0.05, 0.1) is 5.92 Å². The van der Waals surface area contributed by atoms with E-state index in [1.807, 2.05) is 44.4 Å². The number of nitrogens with zero attached hydrogens (tertiary/aromatic N) is 1. The lowest BCUT2D eigenvalue weighted by Gasteiger charge is -2.24. The van der Waals surface area contributed by atoms with Gasteiger partial charge in [-0.3, -0.25) is 9.78 Å². The lowest BCUT2D eigenvalue weighted by atomic mass is 9.83. The number of nitrogens with one attached hydrogen (secondary N) is 1. The molecule has 0 bridgehead atoms. The zero-order chi connectivity index (χ0) is 24.9. The quantitative estimate of drug-likeness (QED) is 0.375. The summed E-state index contributed by atoms with van der Waals surface area (Å²) in [5.74, 6) is -0.897. The normalized spacial score (nSPS) is 15.1. The second kappa shape index (κ2) is 10.7. The van der Waals surface area contributed by atoms with Crippen LogP contribution in [0.15, 0.2) is 66.5 Å². The fourth-order valence-electron chi connectivity index (χ4n) is 4.97. The van der Waals surface area contributed by atoms with E-state index in [2.05, 4.69) is 40.6 Å². The molecule has 1 fully saturated rings. The number of aryl methyl sites for hydroxylation is 1. The average molecular weight is 469 g/mol. The molecule has 1 amide bonds. The molecule has 1 saturated carbocycles. The smallest absolute Gasteiger partial charge is 0.331 e. The molecule has 5 heteroatoms. The molecule has 2 aromatic carbocycles. The maximum Gasteiger partial charge on any atom is 0.331 e. The minimum atomic E-state index is -0.954. The Morgan fingerprint density at radius 3 is 2.40 bits per heavy atom. The van der Waals surface area contributed by atoms with Crippen LogP contribution in [-0.2, 0) is 9.59 Å². The molecule has 1 aromatic heterocycles. The number of carboxylic acid groups (broad SMARTS) is 1. The first-order chi connectivity index (χ1) is 16.8. The largest absolute Gasteiger partial charge is 0.478 e. The summed E-state index contributed by atoms with van der Waals surface area (Å²) in [5.41, 5.74) is 6.90. The van der Waals surface area contributed by atoms with E-state index in [9.17, 15) is 14.7 Å². The second-order valence-corrected chi connectivity index (χ2v) is 9.54. The molecule has 0 saturated heterocycles. The number of carbonyl (C=O) groups excluding carboxylic acids is 1. The number of hydrogen-bond donors (Lipinski definition) is 2. The summed E-state index contributed by atoms with van der Waals surface area (Å²) in [6.45, 7) is 5.51. The van der Waals surface area contributed by atoms with Crippen LogP contribution in [0.5, 0.6) is 0 Å². The summed E-state index contributed by atoms with van der Waals surface area (Å²) in [7, 11) is 0. The zero-order valence-corrected chi connectivity index (χ0v) is 20.5. The van der Waals surface area contributed by atoms with Gasteiger partial charge in [0.1, 0.15) is 0 Å². The first kappa shape index (κ1) is 24.4. The number of anilines is 1. The van der Waals surface area contributed by atoms with E-state index < -0.39 is 5.97 Å². The summed E-state index contributed by atoms with van der Waals surface area (Å²) >= 11 is 0. The highest BCUT2D eigenvalue weighted by Gasteiger charge is 2.32. The Balaban J connectivity index is 1.61. The second-order valence-electron chi connectivity index (χ2n) is 9.54. The Morgan fingerprint density at radius 2 is 1.74 bits per heavy atom. The van der Waals surface area contributed by atoms with Crippen LogP contribution >= 0.6 is 0 Å². The van der Waals surface area contributed by atoms with Gasteiger partial charge in [-0.2, -0.15) is 0 Å². The van der Waals surface area contributed by atoms with Gasteiger partial charge in [0.2, 0.25) is 5.91 Å². The van der Waals surface area contributed by atoms with Crippen LogP contribution in [0.2, 0.25) is 0 Å². The van der Waals surface area contributed by atoms with Crippen LogP contribution < -0.4 is 5.32 Å². The highest BCUT2D eigenvalue weighted by Crippen LogP contribution is 2.39. The van der Waals surface area contributed by atoms with E-state index in [0.29, 0.717) is 11.6 Å². The van der Waals surface area contributed by atoms with Crippen LogP contribution in [-0.4, -0.2) is 22.0 Å². The average Bonchev–Trinajstić information content (AvgIpc) is 3.36. The first-order valence-corrected chi connectivity index (χ1v) is 12.2. The van der Waals surface area contributed by atoms with Gasteiger partial charge in [-0.25, -0.2) is 4.79 Å². The number of benzene rings is 2. The number of hydrogen-bond acceptors (Lipinski definition) is 3. The minimum Gasteiger partial charge on any atom is -0.478 e. The number of rotatable bonds is 7. The molecule has 1 aliphatic carbocycles. The Hall–Kier alpha value is -3.73. The van der Waals surface area contributed by atoms with Crippen LogP contribution in [0.4, 0.5) is 5.69 Å². The lowest BCUT2D eigenvalue weighted by Crippen LogP contribution is -2.27. The molecule has 35 heavy (non-hydrogen) atoms. The molecule has 1 aliphatic rings.